The molecule has 27 heavy (non-hydrogen) atoms. The minimum absolute atomic E-state index is 0.0458. The highest BCUT2D eigenvalue weighted by Crippen LogP contribution is 2.32. The zero-order valence-corrected chi connectivity index (χ0v) is 17.4. The van der Waals surface area contributed by atoms with E-state index < -0.39 is 0 Å². The SMILES string of the molecule is Cc1sc2nc(SC(C)C(=O)N3CCc4ccccc43)n(C)c(=O)c2c1C. The molecule has 0 fully saturated rings. The Morgan fingerprint density at radius 3 is 2.81 bits per heavy atom. The maximum absolute atomic E-state index is 13.0. The average Bonchev–Trinajstić information content (AvgIpc) is 3.20. The van der Waals surface area contributed by atoms with Crippen LogP contribution in [0.4, 0.5) is 5.69 Å². The lowest BCUT2D eigenvalue weighted by Gasteiger charge is -2.21. The van der Waals surface area contributed by atoms with Crippen molar-refractivity contribution in [3.05, 3.63) is 50.6 Å². The molecule has 0 saturated heterocycles. The van der Waals surface area contributed by atoms with Crippen LogP contribution < -0.4 is 10.5 Å². The molecule has 5 nitrogen and oxygen atoms in total. The highest BCUT2D eigenvalue weighted by molar-refractivity contribution is 8.00. The maximum Gasteiger partial charge on any atom is 0.262 e. The molecule has 0 N–H and O–H groups in total. The van der Waals surface area contributed by atoms with E-state index in [4.69, 9.17) is 0 Å². The van der Waals surface area contributed by atoms with Gasteiger partial charge in [0.2, 0.25) is 5.91 Å². The van der Waals surface area contributed by atoms with Crippen molar-refractivity contribution in [1.29, 1.82) is 0 Å². The Balaban J connectivity index is 1.64. The van der Waals surface area contributed by atoms with Crippen LogP contribution in [0.2, 0.25) is 0 Å². The van der Waals surface area contributed by atoms with Crippen molar-refractivity contribution in [2.75, 3.05) is 11.4 Å². The van der Waals surface area contributed by atoms with Gasteiger partial charge in [0.25, 0.3) is 5.56 Å². The molecular weight excluding hydrogens is 378 g/mol. The van der Waals surface area contributed by atoms with Gasteiger partial charge >= 0.3 is 0 Å². The Morgan fingerprint density at radius 2 is 2.04 bits per heavy atom. The predicted octanol–water partition coefficient (Wildman–Crippen LogP) is 3.68. The third kappa shape index (κ3) is 2.99. The van der Waals surface area contributed by atoms with E-state index in [1.54, 1.807) is 11.6 Å². The number of carbonyl (C=O) groups excluding carboxylic acids is 1. The highest BCUT2D eigenvalue weighted by atomic mass is 32.2. The summed E-state index contributed by atoms with van der Waals surface area (Å²) in [6.07, 6.45) is 0.885. The van der Waals surface area contributed by atoms with Crippen LogP contribution in [0.15, 0.2) is 34.2 Å². The Kier molecular flexibility index (Phi) is 4.60. The second-order valence-electron chi connectivity index (χ2n) is 6.85. The number of fused-ring (bicyclic) bond motifs is 2. The summed E-state index contributed by atoms with van der Waals surface area (Å²) in [7, 11) is 1.73. The Bertz CT molecular complexity index is 1120. The number of thioether (sulfide) groups is 1. The minimum atomic E-state index is -0.325. The fraction of sp³-hybridized carbons (Fsp3) is 0.350. The molecule has 0 radical (unpaired) electrons. The van der Waals surface area contributed by atoms with Crippen LogP contribution in [0.5, 0.6) is 0 Å². The normalized spacial score (nSPS) is 14.6. The van der Waals surface area contributed by atoms with Gasteiger partial charge in [-0.05, 0) is 44.4 Å². The van der Waals surface area contributed by atoms with Crippen molar-refractivity contribution in [2.24, 2.45) is 7.05 Å². The quantitative estimate of drug-likeness (QED) is 0.498. The smallest absolute Gasteiger partial charge is 0.262 e. The van der Waals surface area contributed by atoms with E-state index in [2.05, 4.69) is 11.1 Å². The zero-order chi connectivity index (χ0) is 19.3. The number of thiophene rings is 1. The number of amides is 1. The number of benzene rings is 1. The number of nitrogens with zero attached hydrogens (tertiary/aromatic N) is 3. The lowest BCUT2D eigenvalue weighted by atomic mass is 10.2. The monoisotopic (exact) mass is 399 g/mol. The molecule has 1 aliphatic heterocycles. The molecule has 7 heteroatoms. The number of aromatic nitrogens is 2. The van der Waals surface area contributed by atoms with Crippen LogP contribution >= 0.6 is 23.1 Å². The molecule has 3 heterocycles. The zero-order valence-electron chi connectivity index (χ0n) is 15.8. The molecule has 0 aliphatic carbocycles. The van der Waals surface area contributed by atoms with E-state index >= 15 is 0 Å². The maximum atomic E-state index is 13.0. The summed E-state index contributed by atoms with van der Waals surface area (Å²) < 4.78 is 1.56. The molecule has 1 atom stereocenters. The molecular formula is C20H21N3O2S2. The summed E-state index contributed by atoms with van der Waals surface area (Å²) in [5.74, 6) is 0.0536. The van der Waals surface area contributed by atoms with Gasteiger partial charge in [-0.2, -0.15) is 0 Å². The van der Waals surface area contributed by atoms with Gasteiger partial charge in [-0.3, -0.25) is 14.2 Å². The second kappa shape index (κ2) is 6.80. The second-order valence-corrected chi connectivity index (χ2v) is 9.36. The first-order valence-electron chi connectivity index (χ1n) is 8.91. The van der Waals surface area contributed by atoms with Crippen LogP contribution in [-0.4, -0.2) is 27.3 Å². The fourth-order valence-electron chi connectivity index (χ4n) is 3.46. The van der Waals surface area contributed by atoms with Crippen molar-refractivity contribution in [3.8, 4) is 0 Å². The Hall–Kier alpha value is -2.12. The molecule has 1 amide bonds. The van der Waals surface area contributed by atoms with Crippen molar-refractivity contribution in [2.45, 2.75) is 37.6 Å². The summed E-state index contributed by atoms with van der Waals surface area (Å²) in [4.78, 5) is 34.2. The van der Waals surface area contributed by atoms with Gasteiger partial charge in [0.15, 0.2) is 5.16 Å². The number of para-hydroxylation sites is 1. The van der Waals surface area contributed by atoms with Gasteiger partial charge in [0, 0.05) is 24.2 Å². The van der Waals surface area contributed by atoms with Gasteiger partial charge in [-0.15, -0.1) is 11.3 Å². The summed E-state index contributed by atoms with van der Waals surface area (Å²) in [6, 6.07) is 8.03. The molecule has 0 spiro atoms. The number of rotatable bonds is 3. The third-order valence-electron chi connectivity index (χ3n) is 5.15. The highest BCUT2D eigenvalue weighted by Gasteiger charge is 2.29. The summed E-state index contributed by atoms with van der Waals surface area (Å²) in [6.45, 7) is 6.55. The van der Waals surface area contributed by atoms with Gasteiger partial charge in [-0.25, -0.2) is 4.98 Å². The van der Waals surface area contributed by atoms with Crippen molar-refractivity contribution in [3.63, 3.8) is 0 Å². The lowest BCUT2D eigenvalue weighted by Crippen LogP contribution is -2.35. The van der Waals surface area contributed by atoms with E-state index in [1.165, 1.54) is 28.7 Å². The van der Waals surface area contributed by atoms with Crippen LogP contribution in [0.25, 0.3) is 10.2 Å². The van der Waals surface area contributed by atoms with Crippen LogP contribution in [0, 0.1) is 13.8 Å². The summed E-state index contributed by atoms with van der Waals surface area (Å²) in [5.41, 5.74) is 3.16. The van der Waals surface area contributed by atoms with Crippen molar-refractivity contribution >= 4 is 44.9 Å². The molecule has 1 unspecified atom stereocenters. The van der Waals surface area contributed by atoms with Crippen molar-refractivity contribution < 1.29 is 4.79 Å². The first-order valence-corrected chi connectivity index (χ1v) is 10.6. The topological polar surface area (TPSA) is 55.2 Å². The molecule has 140 valence electrons. The van der Waals surface area contributed by atoms with Gasteiger partial charge in [0.1, 0.15) is 4.83 Å². The minimum Gasteiger partial charge on any atom is -0.311 e. The number of carbonyl (C=O) groups is 1. The predicted molar refractivity (Wildman–Crippen MR) is 112 cm³/mol. The average molecular weight is 400 g/mol. The molecule has 0 bridgehead atoms. The largest absolute Gasteiger partial charge is 0.311 e. The Morgan fingerprint density at radius 1 is 1.30 bits per heavy atom. The van der Waals surface area contributed by atoms with E-state index in [0.29, 0.717) is 17.1 Å². The van der Waals surface area contributed by atoms with E-state index in [0.717, 1.165) is 27.4 Å². The van der Waals surface area contributed by atoms with Crippen LogP contribution in [-0.2, 0) is 18.3 Å². The van der Waals surface area contributed by atoms with Crippen LogP contribution in [0.3, 0.4) is 0 Å². The molecule has 3 aromatic rings. The molecule has 4 rings (SSSR count). The number of aryl methyl sites for hydroxylation is 2. The van der Waals surface area contributed by atoms with E-state index in [9.17, 15) is 9.59 Å². The van der Waals surface area contributed by atoms with E-state index in [-0.39, 0.29) is 16.7 Å². The number of anilines is 1. The lowest BCUT2D eigenvalue weighted by molar-refractivity contribution is -0.117. The van der Waals surface area contributed by atoms with Crippen LogP contribution in [0.1, 0.15) is 22.9 Å². The summed E-state index contributed by atoms with van der Waals surface area (Å²) >= 11 is 2.89. The molecule has 1 aromatic carbocycles. The number of hydrogen-bond donors (Lipinski definition) is 0. The third-order valence-corrected chi connectivity index (χ3v) is 7.38. The van der Waals surface area contributed by atoms with Gasteiger partial charge in [0.05, 0.1) is 10.6 Å². The van der Waals surface area contributed by atoms with Crippen molar-refractivity contribution in [1.82, 2.24) is 9.55 Å². The van der Waals surface area contributed by atoms with Gasteiger partial charge in [-0.1, -0.05) is 30.0 Å². The summed E-state index contributed by atoms with van der Waals surface area (Å²) in [5, 5.41) is 0.952. The van der Waals surface area contributed by atoms with E-state index in [1.807, 2.05) is 43.9 Å². The molecule has 1 aliphatic rings. The first-order chi connectivity index (χ1) is 12.9. The standard InChI is InChI=1S/C20H21N3O2S2/c1-11-12(2)26-17-16(11)19(25)22(4)20(21-17)27-13(3)18(24)23-10-9-14-7-5-6-8-15(14)23/h5-8,13H,9-10H2,1-4H3. The molecule has 2 aromatic heterocycles. The molecule has 0 saturated carbocycles. The Labute approximate surface area is 166 Å². The number of hydrogen-bond acceptors (Lipinski definition) is 5. The van der Waals surface area contributed by atoms with Gasteiger partial charge < -0.3 is 4.90 Å². The first kappa shape index (κ1) is 18.3. The fourth-order valence-corrected chi connectivity index (χ4v) is 5.46.